The molecule has 172 valence electrons. The van der Waals surface area contributed by atoms with Gasteiger partial charge in [0.2, 0.25) is 11.8 Å². The van der Waals surface area contributed by atoms with Crippen LogP contribution in [0.25, 0.3) is 0 Å². The van der Waals surface area contributed by atoms with Gasteiger partial charge in [-0.15, -0.1) is 0 Å². The van der Waals surface area contributed by atoms with Crippen molar-refractivity contribution in [1.82, 2.24) is 15.2 Å². The van der Waals surface area contributed by atoms with Gasteiger partial charge in [-0.3, -0.25) is 9.69 Å². The van der Waals surface area contributed by atoms with Crippen LogP contribution in [-0.4, -0.2) is 47.2 Å². The van der Waals surface area contributed by atoms with Gasteiger partial charge in [0.05, 0.1) is 12.8 Å². The molecule has 1 aliphatic carbocycles. The molecule has 1 saturated carbocycles. The van der Waals surface area contributed by atoms with E-state index >= 15 is 0 Å². The molecule has 0 bridgehead atoms. The molecule has 1 aromatic rings. The van der Waals surface area contributed by atoms with Crippen molar-refractivity contribution in [2.75, 3.05) is 13.7 Å². The minimum absolute atomic E-state index is 0.0789. The molecule has 31 heavy (non-hydrogen) atoms. The molecule has 7 nitrogen and oxygen atoms in total. The van der Waals surface area contributed by atoms with Crippen molar-refractivity contribution in [2.45, 2.75) is 89.8 Å². The number of nitrogens with zero attached hydrogens (tertiary/aromatic N) is 2. The summed E-state index contributed by atoms with van der Waals surface area (Å²) in [5, 5.41) is 2.81. The third-order valence-electron chi connectivity index (χ3n) is 5.86. The third-order valence-corrected chi connectivity index (χ3v) is 5.86. The molecule has 2 heterocycles. The number of carbonyl (C=O) groups is 2. The lowest BCUT2D eigenvalue weighted by molar-refractivity contribution is -0.125. The van der Waals surface area contributed by atoms with Crippen LogP contribution >= 0.6 is 0 Å². The number of methoxy groups -OCH3 is 1. The molecule has 2 amide bonds. The summed E-state index contributed by atoms with van der Waals surface area (Å²) in [6.45, 7) is 5.93. The summed E-state index contributed by atoms with van der Waals surface area (Å²) in [4.78, 5) is 31.1. The summed E-state index contributed by atoms with van der Waals surface area (Å²) in [6, 6.07) is 0.816. The number of halogens is 1. The van der Waals surface area contributed by atoms with Crippen LogP contribution in [0.5, 0.6) is 5.88 Å². The average molecular weight is 436 g/mol. The molecule has 1 saturated heterocycles. The van der Waals surface area contributed by atoms with Gasteiger partial charge in [0.15, 0.2) is 0 Å². The van der Waals surface area contributed by atoms with Crippen molar-refractivity contribution in [3.8, 4) is 5.88 Å². The number of pyridine rings is 1. The van der Waals surface area contributed by atoms with Gasteiger partial charge in [0.25, 0.3) is 0 Å². The fraction of sp³-hybridized carbons (Fsp3) is 0.696. The molecular formula is C23H34FN3O4. The topological polar surface area (TPSA) is 80.8 Å². The zero-order valence-corrected chi connectivity index (χ0v) is 19.0. The second kappa shape index (κ2) is 9.83. The van der Waals surface area contributed by atoms with Gasteiger partial charge in [-0.25, -0.2) is 14.2 Å². The highest BCUT2D eigenvalue weighted by atomic mass is 19.1. The first-order chi connectivity index (χ1) is 14.7. The number of aromatic nitrogens is 1. The largest absolute Gasteiger partial charge is 0.481 e. The Morgan fingerprint density at radius 1 is 1.19 bits per heavy atom. The van der Waals surface area contributed by atoms with Crippen molar-refractivity contribution in [3.63, 3.8) is 0 Å². The van der Waals surface area contributed by atoms with E-state index in [9.17, 15) is 14.0 Å². The predicted octanol–water partition coefficient (Wildman–Crippen LogP) is 4.29. The quantitative estimate of drug-likeness (QED) is 0.746. The summed E-state index contributed by atoms with van der Waals surface area (Å²) < 4.78 is 25.6. The molecule has 2 aliphatic rings. The van der Waals surface area contributed by atoms with Gasteiger partial charge in [-0.2, -0.15) is 0 Å². The van der Waals surface area contributed by atoms with Crippen molar-refractivity contribution < 1.29 is 23.5 Å². The highest BCUT2D eigenvalue weighted by Crippen LogP contribution is 2.34. The maximum absolute atomic E-state index is 14.8. The number of amides is 2. The lowest BCUT2D eigenvalue weighted by Crippen LogP contribution is -2.47. The molecule has 0 aromatic carbocycles. The smallest absolute Gasteiger partial charge is 0.410 e. The van der Waals surface area contributed by atoms with Crippen molar-refractivity contribution >= 4 is 12.0 Å². The number of nitrogens with one attached hydrogen (secondary N) is 1. The standard InChI is InChI=1S/C23H34FN3O4/c1-23(2,3)31-22(29)27-12-8-11-18(27)20(28)25-14-16-13-17(24)19(26-21(16)30-4)15-9-6-5-7-10-15/h13,15,18H,5-12,14H2,1-4H3,(H,25,28)/t18-/m0/s1. The normalized spacial score (nSPS) is 19.9. The van der Waals surface area contributed by atoms with Crippen LogP contribution in [0.4, 0.5) is 9.18 Å². The number of rotatable bonds is 5. The lowest BCUT2D eigenvalue weighted by atomic mass is 9.86. The van der Waals surface area contributed by atoms with E-state index in [1.807, 2.05) is 0 Å². The van der Waals surface area contributed by atoms with Crippen molar-refractivity contribution in [3.05, 3.63) is 23.1 Å². The highest BCUT2D eigenvalue weighted by Gasteiger charge is 2.36. The first-order valence-electron chi connectivity index (χ1n) is 11.2. The van der Waals surface area contributed by atoms with Crippen LogP contribution in [-0.2, 0) is 16.1 Å². The van der Waals surface area contributed by atoms with Crippen LogP contribution in [0.15, 0.2) is 6.07 Å². The molecular weight excluding hydrogens is 401 g/mol. The third kappa shape index (κ3) is 5.86. The van der Waals surface area contributed by atoms with E-state index in [1.165, 1.54) is 24.5 Å². The Bertz CT molecular complexity index is 803. The van der Waals surface area contributed by atoms with E-state index in [2.05, 4.69) is 10.3 Å². The summed E-state index contributed by atoms with van der Waals surface area (Å²) >= 11 is 0. The first-order valence-corrected chi connectivity index (χ1v) is 11.2. The SMILES string of the molecule is COc1nc(C2CCCCC2)c(F)cc1CNC(=O)[C@@H]1CCCN1C(=O)OC(C)(C)C. The molecule has 8 heteroatoms. The van der Waals surface area contributed by atoms with Crippen LogP contribution < -0.4 is 10.1 Å². The Hall–Kier alpha value is -2.38. The number of likely N-dealkylation sites (tertiary alicyclic amines) is 1. The van der Waals surface area contributed by atoms with Crippen LogP contribution in [0, 0.1) is 5.82 Å². The monoisotopic (exact) mass is 435 g/mol. The Morgan fingerprint density at radius 2 is 1.90 bits per heavy atom. The molecule has 0 unspecified atom stereocenters. The minimum Gasteiger partial charge on any atom is -0.481 e. The molecule has 2 fully saturated rings. The fourth-order valence-corrected chi connectivity index (χ4v) is 4.37. The molecule has 1 N–H and O–H groups in total. The lowest BCUT2D eigenvalue weighted by Gasteiger charge is -2.28. The van der Waals surface area contributed by atoms with Gasteiger partial charge in [0.1, 0.15) is 17.5 Å². The van der Waals surface area contributed by atoms with E-state index in [-0.39, 0.29) is 24.2 Å². The van der Waals surface area contributed by atoms with E-state index in [0.717, 1.165) is 32.1 Å². The Labute approximate surface area is 183 Å². The summed E-state index contributed by atoms with van der Waals surface area (Å²) in [5.74, 6) is -0.194. The number of hydrogen-bond donors (Lipinski definition) is 1. The summed E-state index contributed by atoms with van der Waals surface area (Å²) in [5.41, 5.74) is 0.311. The van der Waals surface area contributed by atoms with Gasteiger partial charge in [0, 0.05) is 24.6 Å². The van der Waals surface area contributed by atoms with Crippen LogP contribution in [0.3, 0.4) is 0 Å². The van der Waals surface area contributed by atoms with Crippen molar-refractivity contribution in [1.29, 1.82) is 0 Å². The fourth-order valence-electron chi connectivity index (χ4n) is 4.37. The first kappa shape index (κ1) is 23.3. The van der Waals surface area contributed by atoms with Gasteiger partial charge in [-0.1, -0.05) is 19.3 Å². The number of ether oxygens (including phenoxy) is 2. The van der Waals surface area contributed by atoms with Gasteiger partial charge in [-0.05, 0) is 52.5 Å². The highest BCUT2D eigenvalue weighted by molar-refractivity contribution is 5.86. The molecule has 3 rings (SSSR count). The van der Waals surface area contributed by atoms with Gasteiger partial charge >= 0.3 is 6.09 Å². The zero-order valence-electron chi connectivity index (χ0n) is 19.0. The Morgan fingerprint density at radius 3 is 2.55 bits per heavy atom. The summed E-state index contributed by atoms with van der Waals surface area (Å²) in [6.07, 6.45) is 6.02. The van der Waals surface area contributed by atoms with E-state index < -0.39 is 17.7 Å². The molecule has 1 atom stereocenters. The van der Waals surface area contributed by atoms with E-state index in [1.54, 1.807) is 20.8 Å². The minimum atomic E-state index is -0.628. The Kier molecular flexibility index (Phi) is 7.38. The van der Waals surface area contributed by atoms with Crippen molar-refractivity contribution in [2.24, 2.45) is 0 Å². The zero-order chi connectivity index (χ0) is 22.6. The van der Waals surface area contributed by atoms with Crippen LogP contribution in [0.2, 0.25) is 0 Å². The number of hydrogen-bond acceptors (Lipinski definition) is 5. The predicted molar refractivity (Wildman–Crippen MR) is 114 cm³/mol. The average Bonchev–Trinajstić information content (AvgIpc) is 3.22. The second-order valence-corrected chi connectivity index (χ2v) is 9.41. The maximum Gasteiger partial charge on any atom is 0.410 e. The van der Waals surface area contributed by atoms with Crippen LogP contribution in [0.1, 0.15) is 82.9 Å². The molecule has 0 radical (unpaired) electrons. The van der Waals surface area contributed by atoms with E-state index in [0.29, 0.717) is 30.1 Å². The maximum atomic E-state index is 14.8. The Balaban J connectivity index is 1.66. The van der Waals surface area contributed by atoms with Gasteiger partial charge < -0.3 is 14.8 Å². The second-order valence-electron chi connectivity index (χ2n) is 9.41. The van der Waals surface area contributed by atoms with E-state index in [4.69, 9.17) is 9.47 Å². The molecule has 0 spiro atoms. The summed E-state index contributed by atoms with van der Waals surface area (Å²) in [7, 11) is 1.50. The molecule has 1 aliphatic heterocycles. The molecule has 1 aromatic heterocycles. The number of carbonyl (C=O) groups excluding carboxylic acids is 2.